The van der Waals surface area contributed by atoms with E-state index in [0.717, 1.165) is 5.56 Å². The Labute approximate surface area is 144 Å². The lowest BCUT2D eigenvalue weighted by Gasteiger charge is -2.13. The van der Waals surface area contributed by atoms with Crippen molar-refractivity contribution in [2.24, 2.45) is 0 Å². The second kappa shape index (κ2) is 10.6. The molecule has 1 rings (SSSR count). The Hall–Kier alpha value is -1.15. The molecule has 0 aliphatic rings. The van der Waals surface area contributed by atoms with Crippen LogP contribution in [0.4, 0.5) is 0 Å². The van der Waals surface area contributed by atoms with Crippen molar-refractivity contribution in [1.82, 2.24) is 15.4 Å². The smallest absolute Gasteiger partial charge is 0.221 e. The van der Waals surface area contributed by atoms with Crippen LogP contribution >= 0.6 is 12.4 Å². The third-order valence-corrected chi connectivity index (χ3v) is 4.48. The fourth-order valence-corrected chi connectivity index (χ4v) is 3.49. The monoisotopic (exact) mass is 363 g/mol. The standard InChI is InChI=1S/C15H25N3O3S.ClH/c1-12(2)18-22(20,21)11-14-7-5-4-6-13(14)10-17-15(19)8-9-16-3;/h4-7,12,16,18H,8-11H2,1-3H3,(H,17,19);1H. The fourth-order valence-electron chi connectivity index (χ4n) is 2.00. The van der Waals surface area contributed by atoms with Crippen LogP contribution in [0.2, 0.25) is 0 Å². The quantitative estimate of drug-likeness (QED) is 0.614. The van der Waals surface area contributed by atoms with Gasteiger partial charge in [-0.15, -0.1) is 12.4 Å². The van der Waals surface area contributed by atoms with Gasteiger partial charge in [0.1, 0.15) is 0 Å². The van der Waals surface area contributed by atoms with Gasteiger partial charge in [-0.05, 0) is 32.0 Å². The van der Waals surface area contributed by atoms with Crippen LogP contribution in [0.15, 0.2) is 24.3 Å². The van der Waals surface area contributed by atoms with E-state index in [2.05, 4.69) is 15.4 Å². The number of rotatable bonds is 9. The summed E-state index contributed by atoms with van der Waals surface area (Å²) in [7, 11) is -1.59. The maximum Gasteiger partial charge on any atom is 0.221 e. The Morgan fingerprint density at radius 1 is 1.17 bits per heavy atom. The minimum Gasteiger partial charge on any atom is -0.352 e. The van der Waals surface area contributed by atoms with Crippen molar-refractivity contribution in [3.8, 4) is 0 Å². The predicted octanol–water partition coefficient (Wildman–Crippen LogP) is 1.16. The number of hydrogen-bond donors (Lipinski definition) is 3. The first-order valence-electron chi connectivity index (χ1n) is 7.32. The van der Waals surface area contributed by atoms with Crippen LogP contribution in [0, 0.1) is 0 Å². The van der Waals surface area contributed by atoms with E-state index in [1.165, 1.54) is 0 Å². The SMILES string of the molecule is CNCCC(=O)NCc1ccccc1CS(=O)(=O)NC(C)C.Cl. The average molecular weight is 364 g/mol. The van der Waals surface area contributed by atoms with Crippen LogP contribution in [0.25, 0.3) is 0 Å². The number of carbonyl (C=O) groups excluding carboxylic acids is 1. The highest BCUT2D eigenvalue weighted by atomic mass is 35.5. The number of nitrogens with one attached hydrogen (secondary N) is 3. The lowest BCUT2D eigenvalue weighted by atomic mass is 10.1. The van der Waals surface area contributed by atoms with E-state index in [9.17, 15) is 13.2 Å². The summed E-state index contributed by atoms with van der Waals surface area (Å²) in [5, 5.41) is 5.72. The molecule has 0 heterocycles. The van der Waals surface area contributed by atoms with Gasteiger partial charge in [0.25, 0.3) is 0 Å². The number of benzene rings is 1. The molecule has 132 valence electrons. The molecular formula is C15H26ClN3O3S. The molecule has 0 fully saturated rings. The molecule has 1 aromatic carbocycles. The zero-order valence-corrected chi connectivity index (χ0v) is 15.4. The summed E-state index contributed by atoms with van der Waals surface area (Å²) in [6.45, 7) is 4.51. The molecule has 0 bridgehead atoms. The van der Waals surface area contributed by atoms with E-state index in [-0.39, 0.29) is 30.1 Å². The van der Waals surface area contributed by atoms with Crippen molar-refractivity contribution < 1.29 is 13.2 Å². The van der Waals surface area contributed by atoms with Gasteiger partial charge < -0.3 is 10.6 Å². The van der Waals surface area contributed by atoms with Crippen molar-refractivity contribution in [2.75, 3.05) is 13.6 Å². The van der Waals surface area contributed by atoms with Crippen molar-refractivity contribution in [3.05, 3.63) is 35.4 Å². The molecule has 0 saturated heterocycles. The zero-order chi connectivity index (χ0) is 16.6. The topological polar surface area (TPSA) is 87.3 Å². The van der Waals surface area contributed by atoms with Gasteiger partial charge in [0.05, 0.1) is 5.75 Å². The average Bonchev–Trinajstić information content (AvgIpc) is 2.42. The number of sulfonamides is 1. The highest BCUT2D eigenvalue weighted by molar-refractivity contribution is 7.88. The lowest BCUT2D eigenvalue weighted by Crippen LogP contribution is -2.32. The molecule has 23 heavy (non-hydrogen) atoms. The van der Waals surface area contributed by atoms with Crippen LogP contribution in [-0.2, 0) is 27.1 Å². The first-order valence-corrected chi connectivity index (χ1v) is 8.97. The van der Waals surface area contributed by atoms with Crippen LogP contribution in [0.5, 0.6) is 0 Å². The maximum absolute atomic E-state index is 12.0. The van der Waals surface area contributed by atoms with Gasteiger partial charge in [0, 0.05) is 25.6 Å². The van der Waals surface area contributed by atoms with Gasteiger partial charge in [-0.1, -0.05) is 24.3 Å². The number of carbonyl (C=O) groups is 1. The highest BCUT2D eigenvalue weighted by Gasteiger charge is 2.15. The summed E-state index contributed by atoms with van der Waals surface area (Å²) in [6.07, 6.45) is 0.395. The van der Waals surface area contributed by atoms with Crippen LogP contribution in [0.1, 0.15) is 31.4 Å². The van der Waals surface area contributed by atoms with Gasteiger partial charge in [-0.2, -0.15) is 0 Å². The summed E-state index contributed by atoms with van der Waals surface area (Å²) in [5.74, 6) is -0.152. The molecule has 0 aliphatic carbocycles. The second-order valence-corrected chi connectivity index (χ2v) is 7.18. The first kappa shape index (κ1) is 21.9. The number of halogens is 1. The maximum atomic E-state index is 12.0. The van der Waals surface area contributed by atoms with Crippen LogP contribution in [0.3, 0.4) is 0 Å². The molecule has 0 saturated carbocycles. The molecular weight excluding hydrogens is 338 g/mol. The minimum absolute atomic E-state index is 0. The third-order valence-electron chi connectivity index (χ3n) is 2.96. The van der Waals surface area contributed by atoms with E-state index in [4.69, 9.17) is 0 Å². The van der Waals surface area contributed by atoms with Crippen molar-refractivity contribution in [3.63, 3.8) is 0 Å². The van der Waals surface area contributed by atoms with E-state index in [1.807, 2.05) is 12.1 Å². The van der Waals surface area contributed by atoms with Crippen molar-refractivity contribution in [1.29, 1.82) is 0 Å². The number of hydrogen-bond acceptors (Lipinski definition) is 4. The van der Waals surface area contributed by atoms with Gasteiger partial charge in [-0.3, -0.25) is 4.79 Å². The van der Waals surface area contributed by atoms with Gasteiger partial charge in [0.2, 0.25) is 15.9 Å². The molecule has 8 heteroatoms. The van der Waals surface area contributed by atoms with E-state index < -0.39 is 10.0 Å². The van der Waals surface area contributed by atoms with Crippen LogP contribution in [-0.4, -0.2) is 34.0 Å². The van der Waals surface area contributed by atoms with Crippen molar-refractivity contribution in [2.45, 2.75) is 38.6 Å². The van der Waals surface area contributed by atoms with Gasteiger partial charge >= 0.3 is 0 Å². The largest absolute Gasteiger partial charge is 0.352 e. The summed E-state index contributed by atoms with van der Waals surface area (Å²) in [6, 6.07) is 7.10. The van der Waals surface area contributed by atoms with Gasteiger partial charge in [0.15, 0.2) is 0 Å². The summed E-state index contributed by atoms with van der Waals surface area (Å²) in [4.78, 5) is 11.6. The first-order chi connectivity index (χ1) is 10.3. The minimum atomic E-state index is -3.38. The highest BCUT2D eigenvalue weighted by Crippen LogP contribution is 2.12. The molecule has 0 unspecified atom stereocenters. The Morgan fingerprint density at radius 2 is 1.78 bits per heavy atom. The molecule has 0 aliphatic heterocycles. The Balaban J connectivity index is 0.00000484. The predicted molar refractivity (Wildman–Crippen MR) is 95.0 cm³/mol. The molecule has 0 aromatic heterocycles. The third kappa shape index (κ3) is 8.90. The molecule has 6 nitrogen and oxygen atoms in total. The van der Waals surface area contributed by atoms with Gasteiger partial charge in [-0.25, -0.2) is 13.1 Å². The zero-order valence-electron chi connectivity index (χ0n) is 13.8. The second-order valence-electron chi connectivity index (χ2n) is 5.43. The van der Waals surface area contributed by atoms with Crippen LogP contribution < -0.4 is 15.4 Å². The summed E-state index contributed by atoms with van der Waals surface area (Å²) < 4.78 is 26.6. The Morgan fingerprint density at radius 3 is 2.35 bits per heavy atom. The molecule has 0 spiro atoms. The van der Waals surface area contributed by atoms with Crippen molar-refractivity contribution >= 4 is 28.3 Å². The lowest BCUT2D eigenvalue weighted by molar-refractivity contribution is -0.121. The molecule has 1 amide bonds. The molecule has 3 N–H and O–H groups in total. The van der Waals surface area contributed by atoms with E-state index >= 15 is 0 Å². The summed E-state index contributed by atoms with van der Waals surface area (Å²) >= 11 is 0. The van der Waals surface area contributed by atoms with E-state index in [1.54, 1.807) is 33.0 Å². The Bertz CT molecular complexity index is 591. The molecule has 1 aromatic rings. The van der Waals surface area contributed by atoms with E-state index in [0.29, 0.717) is 25.1 Å². The normalized spacial score (nSPS) is 11.1. The molecule has 0 atom stereocenters. The molecule has 0 radical (unpaired) electrons. The summed E-state index contributed by atoms with van der Waals surface area (Å²) in [5.41, 5.74) is 1.51. The Kier molecular flexibility index (Phi) is 10.1. The number of amides is 1. The fraction of sp³-hybridized carbons (Fsp3) is 0.533.